The Hall–Kier alpha value is -1.76. The van der Waals surface area contributed by atoms with Crippen LogP contribution in [0.4, 0.5) is 0 Å². The van der Waals surface area contributed by atoms with Gasteiger partial charge in [-0.15, -0.1) is 10.2 Å². The predicted octanol–water partition coefficient (Wildman–Crippen LogP) is 3.86. The van der Waals surface area contributed by atoms with Crippen molar-refractivity contribution in [2.75, 3.05) is 5.75 Å². The number of halogens is 1. The molecule has 0 bridgehead atoms. The molecule has 1 N–H and O–H groups in total. The summed E-state index contributed by atoms with van der Waals surface area (Å²) in [7, 11) is 1.89. The van der Waals surface area contributed by atoms with E-state index in [0.29, 0.717) is 10.8 Å². The van der Waals surface area contributed by atoms with E-state index in [1.807, 2.05) is 42.8 Å². The molecule has 3 rings (SSSR count). The molecule has 0 aliphatic rings. The largest absolute Gasteiger partial charge is 0.469 e. The van der Waals surface area contributed by atoms with Crippen LogP contribution in [0.1, 0.15) is 17.4 Å². The van der Waals surface area contributed by atoms with Crippen LogP contribution >= 0.6 is 23.4 Å². The van der Waals surface area contributed by atoms with Crippen molar-refractivity contribution < 1.29 is 9.52 Å². The molecule has 0 fully saturated rings. The zero-order chi connectivity index (χ0) is 16.4. The van der Waals surface area contributed by atoms with Gasteiger partial charge in [-0.25, -0.2) is 0 Å². The van der Waals surface area contributed by atoms with Gasteiger partial charge in [-0.3, -0.25) is 0 Å². The summed E-state index contributed by atoms with van der Waals surface area (Å²) in [6.45, 7) is 1.89. The zero-order valence-electron chi connectivity index (χ0n) is 12.7. The highest BCUT2D eigenvalue weighted by molar-refractivity contribution is 7.99. The summed E-state index contributed by atoms with van der Waals surface area (Å²) in [5.41, 5.74) is 1.63. The lowest BCUT2D eigenvalue weighted by Crippen LogP contribution is -2.03. The summed E-state index contributed by atoms with van der Waals surface area (Å²) in [5, 5.41) is 20.0. The van der Waals surface area contributed by atoms with Crippen LogP contribution in [0.25, 0.3) is 11.4 Å². The van der Waals surface area contributed by atoms with E-state index < -0.39 is 6.10 Å². The molecule has 0 saturated heterocycles. The van der Waals surface area contributed by atoms with Crippen LogP contribution in [0.2, 0.25) is 5.02 Å². The standard InChI is InChI=1S/C16H16ClN3O2S/c1-10-11(7-8-22-10)15-18-19-16(20(15)2)23-9-14(21)12-5-3-4-6-13(12)17/h3-8,14,21H,9H2,1-2H3. The molecule has 23 heavy (non-hydrogen) atoms. The van der Waals surface area contributed by atoms with Crippen LogP contribution in [0.3, 0.4) is 0 Å². The van der Waals surface area contributed by atoms with Gasteiger partial charge in [0.1, 0.15) is 5.76 Å². The first-order valence-electron chi connectivity index (χ1n) is 7.07. The highest BCUT2D eigenvalue weighted by Gasteiger charge is 2.17. The number of hydrogen-bond donors (Lipinski definition) is 1. The number of aromatic nitrogens is 3. The van der Waals surface area contributed by atoms with Gasteiger partial charge in [0.05, 0.1) is 17.9 Å². The van der Waals surface area contributed by atoms with E-state index in [-0.39, 0.29) is 0 Å². The fraction of sp³-hybridized carbons (Fsp3) is 0.250. The second-order valence-corrected chi connectivity index (χ2v) is 6.50. The summed E-state index contributed by atoms with van der Waals surface area (Å²) in [6, 6.07) is 9.16. The molecule has 0 radical (unpaired) electrons. The Labute approximate surface area is 143 Å². The van der Waals surface area contributed by atoms with Crippen molar-refractivity contribution in [3.63, 3.8) is 0 Å². The minimum atomic E-state index is -0.662. The van der Waals surface area contributed by atoms with Gasteiger partial charge in [-0.05, 0) is 24.6 Å². The monoisotopic (exact) mass is 349 g/mol. The highest BCUT2D eigenvalue weighted by atomic mass is 35.5. The lowest BCUT2D eigenvalue weighted by molar-refractivity contribution is 0.204. The van der Waals surface area contributed by atoms with Crippen LogP contribution in [0.5, 0.6) is 0 Å². The second-order valence-electron chi connectivity index (χ2n) is 5.10. The van der Waals surface area contributed by atoms with E-state index in [4.69, 9.17) is 16.0 Å². The fourth-order valence-corrected chi connectivity index (χ4v) is 3.41. The number of furan rings is 1. The second kappa shape index (κ2) is 6.78. The summed E-state index contributed by atoms with van der Waals surface area (Å²) in [6.07, 6.45) is 0.970. The number of benzene rings is 1. The van der Waals surface area contributed by atoms with Gasteiger partial charge < -0.3 is 14.1 Å². The molecule has 120 valence electrons. The van der Waals surface area contributed by atoms with Gasteiger partial charge in [0.2, 0.25) is 0 Å². The van der Waals surface area contributed by atoms with Crippen LogP contribution in [0.15, 0.2) is 46.2 Å². The SMILES string of the molecule is Cc1occc1-c1nnc(SCC(O)c2ccccc2Cl)n1C. The van der Waals surface area contributed by atoms with Gasteiger partial charge in [0, 0.05) is 17.8 Å². The third-order valence-electron chi connectivity index (χ3n) is 3.57. The van der Waals surface area contributed by atoms with Crippen molar-refractivity contribution in [3.8, 4) is 11.4 Å². The van der Waals surface area contributed by atoms with Crippen LogP contribution in [-0.4, -0.2) is 25.6 Å². The van der Waals surface area contributed by atoms with Crippen molar-refractivity contribution in [2.45, 2.75) is 18.2 Å². The van der Waals surface area contributed by atoms with E-state index in [0.717, 1.165) is 27.9 Å². The number of thioether (sulfide) groups is 1. The molecule has 5 nitrogen and oxygen atoms in total. The van der Waals surface area contributed by atoms with Crippen LogP contribution < -0.4 is 0 Å². The number of rotatable bonds is 5. The number of aryl methyl sites for hydroxylation is 1. The Morgan fingerprint density at radius 1 is 1.30 bits per heavy atom. The van der Waals surface area contributed by atoms with E-state index in [1.165, 1.54) is 11.8 Å². The molecular formula is C16H16ClN3O2S. The molecule has 0 spiro atoms. The van der Waals surface area contributed by atoms with Crippen molar-refractivity contribution >= 4 is 23.4 Å². The molecule has 0 saturated carbocycles. The van der Waals surface area contributed by atoms with Gasteiger partial charge in [-0.2, -0.15) is 0 Å². The maximum absolute atomic E-state index is 10.3. The number of aliphatic hydroxyl groups excluding tert-OH is 1. The predicted molar refractivity (Wildman–Crippen MR) is 90.6 cm³/mol. The molecule has 1 aromatic carbocycles. The Balaban J connectivity index is 1.74. The van der Waals surface area contributed by atoms with Crippen molar-refractivity contribution in [1.29, 1.82) is 0 Å². The highest BCUT2D eigenvalue weighted by Crippen LogP contribution is 2.30. The molecule has 3 aromatic rings. The van der Waals surface area contributed by atoms with Crippen LogP contribution in [0, 0.1) is 6.92 Å². The number of aliphatic hydroxyl groups is 1. The maximum atomic E-state index is 10.3. The minimum absolute atomic E-state index is 0.445. The molecule has 2 heterocycles. The third kappa shape index (κ3) is 3.29. The third-order valence-corrected chi connectivity index (χ3v) is 5.01. The number of hydrogen-bond acceptors (Lipinski definition) is 5. The summed E-state index contributed by atoms with van der Waals surface area (Å²) < 4.78 is 7.20. The summed E-state index contributed by atoms with van der Waals surface area (Å²) in [5.74, 6) is 1.99. The zero-order valence-corrected chi connectivity index (χ0v) is 14.3. The Bertz CT molecular complexity index is 815. The number of nitrogens with zero attached hydrogens (tertiary/aromatic N) is 3. The van der Waals surface area contributed by atoms with Crippen LogP contribution in [-0.2, 0) is 7.05 Å². The quantitative estimate of drug-likeness (QED) is 0.708. The summed E-state index contributed by atoms with van der Waals surface area (Å²) >= 11 is 7.54. The normalized spacial score (nSPS) is 12.5. The van der Waals surface area contributed by atoms with E-state index in [9.17, 15) is 5.11 Å². The van der Waals surface area contributed by atoms with Gasteiger partial charge >= 0.3 is 0 Å². The van der Waals surface area contributed by atoms with Gasteiger partial charge in [0.25, 0.3) is 0 Å². The molecular weight excluding hydrogens is 334 g/mol. The van der Waals surface area contributed by atoms with Crippen molar-refractivity contribution in [3.05, 3.63) is 52.9 Å². The first kappa shape index (κ1) is 16.1. The lowest BCUT2D eigenvalue weighted by atomic mass is 10.1. The first-order chi connectivity index (χ1) is 11.1. The topological polar surface area (TPSA) is 64.1 Å². The van der Waals surface area contributed by atoms with E-state index in [2.05, 4.69) is 10.2 Å². The Morgan fingerprint density at radius 2 is 2.09 bits per heavy atom. The molecule has 2 aromatic heterocycles. The first-order valence-corrected chi connectivity index (χ1v) is 8.43. The molecule has 0 aliphatic heterocycles. The molecule has 0 aliphatic carbocycles. The average Bonchev–Trinajstić information content (AvgIpc) is 3.11. The molecule has 1 atom stereocenters. The van der Waals surface area contributed by atoms with Gasteiger partial charge in [-0.1, -0.05) is 41.6 Å². The van der Waals surface area contributed by atoms with Gasteiger partial charge in [0.15, 0.2) is 11.0 Å². The molecule has 7 heteroatoms. The molecule has 1 unspecified atom stereocenters. The average molecular weight is 350 g/mol. The minimum Gasteiger partial charge on any atom is -0.469 e. The lowest BCUT2D eigenvalue weighted by Gasteiger charge is -2.11. The summed E-state index contributed by atoms with van der Waals surface area (Å²) in [4.78, 5) is 0. The maximum Gasteiger partial charge on any atom is 0.191 e. The van der Waals surface area contributed by atoms with E-state index >= 15 is 0 Å². The fourth-order valence-electron chi connectivity index (χ4n) is 2.28. The Kier molecular flexibility index (Phi) is 4.75. The molecule has 0 amide bonds. The smallest absolute Gasteiger partial charge is 0.191 e. The Morgan fingerprint density at radius 3 is 2.78 bits per heavy atom. The van der Waals surface area contributed by atoms with E-state index in [1.54, 1.807) is 12.3 Å². The van der Waals surface area contributed by atoms with Crippen molar-refractivity contribution in [1.82, 2.24) is 14.8 Å². The van der Waals surface area contributed by atoms with Crippen molar-refractivity contribution in [2.24, 2.45) is 7.05 Å².